The second kappa shape index (κ2) is 6.26. The molecule has 0 aliphatic rings. The minimum Gasteiger partial charge on any atom is -0.383 e. The van der Waals surface area contributed by atoms with E-state index in [1.165, 1.54) is 0 Å². The van der Waals surface area contributed by atoms with Crippen molar-refractivity contribution < 1.29 is 9.53 Å². The fraction of sp³-hybridized carbons (Fsp3) is 0.333. The SMILES string of the molecule is COCCn1ncc(Br)c1C(=O)Cc1cccs1. The van der Waals surface area contributed by atoms with Gasteiger partial charge in [-0.15, -0.1) is 11.3 Å². The molecule has 0 saturated carbocycles. The lowest BCUT2D eigenvalue weighted by atomic mass is 10.2. The van der Waals surface area contributed by atoms with E-state index < -0.39 is 0 Å². The maximum Gasteiger partial charge on any atom is 0.187 e. The lowest BCUT2D eigenvalue weighted by molar-refractivity contribution is 0.0979. The van der Waals surface area contributed by atoms with Crippen molar-refractivity contribution in [3.8, 4) is 0 Å². The number of hydrogen-bond donors (Lipinski definition) is 0. The highest BCUT2D eigenvalue weighted by Gasteiger charge is 2.17. The van der Waals surface area contributed by atoms with Gasteiger partial charge in [0.05, 0.1) is 23.8 Å². The molecule has 2 aromatic heterocycles. The minimum atomic E-state index is 0.0675. The van der Waals surface area contributed by atoms with Crippen molar-refractivity contribution in [2.24, 2.45) is 0 Å². The molecule has 0 radical (unpaired) electrons. The van der Waals surface area contributed by atoms with Crippen molar-refractivity contribution in [3.05, 3.63) is 38.8 Å². The number of thiophene rings is 1. The lowest BCUT2D eigenvalue weighted by Crippen LogP contribution is -2.15. The van der Waals surface area contributed by atoms with Gasteiger partial charge in [0, 0.05) is 18.4 Å². The van der Waals surface area contributed by atoms with Crippen LogP contribution in [0.4, 0.5) is 0 Å². The molecule has 0 spiro atoms. The van der Waals surface area contributed by atoms with Gasteiger partial charge < -0.3 is 4.74 Å². The fourth-order valence-electron chi connectivity index (χ4n) is 1.64. The topological polar surface area (TPSA) is 44.1 Å². The molecule has 0 aromatic carbocycles. The van der Waals surface area contributed by atoms with Gasteiger partial charge in [0.2, 0.25) is 0 Å². The maximum absolute atomic E-state index is 12.3. The molecule has 2 rings (SSSR count). The summed E-state index contributed by atoms with van der Waals surface area (Å²) in [6.07, 6.45) is 2.06. The summed E-state index contributed by atoms with van der Waals surface area (Å²) in [5.74, 6) is 0.0675. The Morgan fingerprint density at radius 2 is 2.44 bits per heavy atom. The van der Waals surface area contributed by atoms with Crippen LogP contribution in [0.2, 0.25) is 0 Å². The average Bonchev–Trinajstić information content (AvgIpc) is 2.96. The number of ether oxygens (including phenoxy) is 1. The highest BCUT2D eigenvalue weighted by Crippen LogP contribution is 2.20. The molecule has 0 amide bonds. The van der Waals surface area contributed by atoms with Gasteiger partial charge in [0.15, 0.2) is 5.78 Å². The predicted molar refractivity (Wildman–Crippen MR) is 74.2 cm³/mol. The van der Waals surface area contributed by atoms with Crippen molar-refractivity contribution in [1.82, 2.24) is 9.78 Å². The van der Waals surface area contributed by atoms with E-state index in [0.717, 1.165) is 9.35 Å². The van der Waals surface area contributed by atoms with E-state index in [1.807, 2.05) is 17.5 Å². The molecule has 0 aliphatic carbocycles. The third-order valence-electron chi connectivity index (χ3n) is 2.48. The van der Waals surface area contributed by atoms with Crippen LogP contribution in [0.15, 0.2) is 28.2 Å². The van der Waals surface area contributed by atoms with Gasteiger partial charge in [0.25, 0.3) is 0 Å². The second-order valence-electron chi connectivity index (χ2n) is 3.74. The summed E-state index contributed by atoms with van der Waals surface area (Å²) >= 11 is 4.96. The summed E-state index contributed by atoms with van der Waals surface area (Å²) in [4.78, 5) is 13.3. The minimum absolute atomic E-state index is 0.0675. The van der Waals surface area contributed by atoms with Gasteiger partial charge in [-0.3, -0.25) is 9.48 Å². The molecular weight excluding hydrogens is 316 g/mol. The lowest BCUT2D eigenvalue weighted by Gasteiger charge is -2.06. The first kappa shape index (κ1) is 13.5. The van der Waals surface area contributed by atoms with Crippen LogP contribution in [0.25, 0.3) is 0 Å². The summed E-state index contributed by atoms with van der Waals surface area (Å²) in [6.45, 7) is 1.11. The van der Waals surface area contributed by atoms with E-state index in [-0.39, 0.29) is 5.78 Å². The number of halogens is 1. The van der Waals surface area contributed by atoms with Gasteiger partial charge in [-0.25, -0.2) is 0 Å². The molecule has 0 fully saturated rings. The Hall–Kier alpha value is -0.980. The molecule has 2 aromatic rings. The molecule has 4 nitrogen and oxygen atoms in total. The summed E-state index contributed by atoms with van der Waals surface area (Å²) < 4.78 is 7.43. The molecule has 18 heavy (non-hydrogen) atoms. The maximum atomic E-state index is 12.3. The molecule has 2 heterocycles. The van der Waals surface area contributed by atoms with Gasteiger partial charge in [-0.2, -0.15) is 5.10 Å². The van der Waals surface area contributed by atoms with E-state index in [0.29, 0.717) is 25.3 Å². The number of carbonyl (C=O) groups is 1. The van der Waals surface area contributed by atoms with Crippen LogP contribution in [0, 0.1) is 0 Å². The molecule has 96 valence electrons. The highest BCUT2D eigenvalue weighted by molar-refractivity contribution is 9.10. The first-order valence-corrected chi connectivity index (χ1v) is 7.15. The standard InChI is InChI=1S/C12H13BrN2O2S/c1-17-5-4-15-12(10(13)8-14-15)11(16)7-9-3-2-6-18-9/h2-3,6,8H,4-5,7H2,1H3. The summed E-state index contributed by atoms with van der Waals surface area (Å²) in [5, 5.41) is 6.15. The van der Waals surface area contributed by atoms with E-state index in [9.17, 15) is 4.79 Å². The van der Waals surface area contributed by atoms with Crippen LogP contribution in [0.3, 0.4) is 0 Å². The molecule has 0 unspecified atom stereocenters. The molecule has 0 bridgehead atoms. The van der Waals surface area contributed by atoms with Crippen LogP contribution < -0.4 is 0 Å². The Bertz CT molecular complexity index is 522. The van der Waals surface area contributed by atoms with Gasteiger partial charge >= 0.3 is 0 Å². The fourth-order valence-corrected chi connectivity index (χ4v) is 2.86. The predicted octanol–water partition coefficient (Wildman–Crippen LogP) is 2.78. The molecule has 0 N–H and O–H groups in total. The zero-order chi connectivity index (χ0) is 13.0. The van der Waals surface area contributed by atoms with Crippen molar-refractivity contribution in [1.29, 1.82) is 0 Å². The number of hydrogen-bond acceptors (Lipinski definition) is 4. The highest BCUT2D eigenvalue weighted by atomic mass is 79.9. The van der Waals surface area contributed by atoms with Crippen molar-refractivity contribution in [3.63, 3.8) is 0 Å². The van der Waals surface area contributed by atoms with Crippen LogP contribution in [-0.2, 0) is 17.7 Å². The second-order valence-corrected chi connectivity index (χ2v) is 5.62. The Morgan fingerprint density at radius 1 is 1.61 bits per heavy atom. The van der Waals surface area contributed by atoms with Gasteiger partial charge in [0.1, 0.15) is 5.69 Å². The van der Waals surface area contributed by atoms with Crippen LogP contribution >= 0.6 is 27.3 Å². The number of carbonyl (C=O) groups excluding carboxylic acids is 1. The molecule has 6 heteroatoms. The summed E-state index contributed by atoms with van der Waals surface area (Å²) in [7, 11) is 1.63. The Kier molecular flexibility index (Phi) is 4.68. The average molecular weight is 329 g/mol. The van der Waals surface area contributed by atoms with Crippen molar-refractivity contribution in [2.75, 3.05) is 13.7 Å². The summed E-state index contributed by atoms with van der Waals surface area (Å²) in [6, 6.07) is 3.91. The Morgan fingerprint density at radius 3 is 3.11 bits per heavy atom. The van der Waals surface area contributed by atoms with Gasteiger partial charge in [-0.05, 0) is 27.4 Å². The molecule has 0 saturated heterocycles. The zero-order valence-corrected chi connectivity index (χ0v) is 12.3. The van der Waals surface area contributed by atoms with Crippen LogP contribution in [0.1, 0.15) is 15.4 Å². The molecule has 0 atom stereocenters. The Labute approximate surface area is 118 Å². The largest absolute Gasteiger partial charge is 0.383 e. The zero-order valence-electron chi connectivity index (χ0n) is 9.93. The molecule has 0 aliphatic heterocycles. The van der Waals surface area contributed by atoms with Crippen molar-refractivity contribution >= 4 is 33.0 Å². The van der Waals surface area contributed by atoms with Crippen LogP contribution in [-0.4, -0.2) is 29.3 Å². The quantitative estimate of drug-likeness (QED) is 0.766. The first-order valence-electron chi connectivity index (χ1n) is 5.48. The Balaban J connectivity index is 2.15. The third-order valence-corrected chi connectivity index (χ3v) is 3.94. The molecular formula is C12H13BrN2O2S. The number of aromatic nitrogens is 2. The smallest absolute Gasteiger partial charge is 0.187 e. The van der Waals surface area contributed by atoms with Gasteiger partial charge in [-0.1, -0.05) is 6.07 Å². The van der Waals surface area contributed by atoms with E-state index in [2.05, 4.69) is 21.0 Å². The van der Waals surface area contributed by atoms with Crippen LogP contribution in [0.5, 0.6) is 0 Å². The van der Waals surface area contributed by atoms with E-state index in [4.69, 9.17) is 4.74 Å². The number of methoxy groups -OCH3 is 1. The van der Waals surface area contributed by atoms with E-state index >= 15 is 0 Å². The number of ketones is 1. The first-order chi connectivity index (χ1) is 8.72. The normalized spacial score (nSPS) is 10.8. The third kappa shape index (κ3) is 3.07. The van der Waals surface area contributed by atoms with E-state index in [1.54, 1.807) is 29.3 Å². The number of rotatable bonds is 6. The number of Topliss-reactive ketones (excluding diaryl/α,β-unsaturated/α-hetero) is 1. The van der Waals surface area contributed by atoms with Crippen molar-refractivity contribution in [2.45, 2.75) is 13.0 Å². The monoisotopic (exact) mass is 328 g/mol. The summed E-state index contributed by atoms with van der Waals surface area (Å²) in [5.41, 5.74) is 0.612. The number of nitrogens with zero attached hydrogens (tertiary/aromatic N) is 2.